The van der Waals surface area contributed by atoms with Crippen LogP contribution in [-0.4, -0.2) is 46.0 Å². The van der Waals surface area contributed by atoms with Crippen LogP contribution in [-0.2, 0) is 30.7 Å². The van der Waals surface area contributed by atoms with E-state index in [1.807, 2.05) is 62.5 Å². The van der Waals surface area contributed by atoms with Crippen molar-refractivity contribution in [1.82, 2.24) is 19.3 Å². The lowest BCUT2D eigenvalue weighted by Crippen LogP contribution is -2.28. The first-order chi connectivity index (χ1) is 16.8. The Morgan fingerprint density at radius 1 is 1.20 bits per heavy atom. The Labute approximate surface area is 208 Å². The fourth-order valence-electron chi connectivity index (χ4n) is 4.69. The second kappa shape index (κ2) is 10.9. The summed E-state index contributed by atoms with van der Waals surface area (Å²) in [4.78, 5) is 12.3. The van der Waals surface area contributed by atoms with Crippen LogP contribution < -0.4 is 0 Å². The Kier molecular flexibility index (Phi) is 7.91. The predicted molar refractivity (Wildman–Crippen MR) is 136 cm³/mol. The van der Waals surface area contributed by atoms with Gasteiger partial charge in [-0.05, 0) is 73.8 Å². The average Bonchev–Trinajstić information content (AvgIpc) is 3.25. The van der Waals surface area contributed by atoms with Crippen molar-refractivity contribution in [3.05, 3.63) is 76.6 Å². The molecule has 188 valence electrons. The normalized spacial score (nSPS) is 17.4. The van der Waals surface area contributed by atoms with E-state index in [0.29, 0.717) is 30.8 Å². The molecule has 0 saturated carbocycles. The van der Waals surface area contributed by atoms with E-state index < -0.39 is 16.7 Å². The predicted octanol–water partition coefficient (Wildman–Crippen LogP) is 5.27. The Bertz CT molecular complexity index is 1180. The average molecular weight is 499 g/mol. The molecule has 8 nitrogen and oxygen atoms in total. The second-order valence-corrected chi connectivity index (χ2v) is 11.2. The molecule has 2 heterocycles. The number of aromatic nitrogens is 3. The lowest BCUT2D eigenvalue weighted by Gasteiger charge is -2.42. The minimum Gasteiger partial charge on any atom is -0.481 e. The van der Waals surface area contributed by atoms with Crippen molar-refractivity contribution < 1.29 is 19.0 Å². The van der Waals surface area contributed by atoms with Gasteiger partial charge in [0.05, 0.1) is 17.0 Å². The molecule has 9 heteroatoms. The zero-order valence-corrected chi connectivity index (χ0v) is 21.1. The number of carbonyl (C=O) groups is 1. The molecule has 0 aliphatic carbocycles. The van der Waals surface area contributed by atoms with Crippen LogP contribution in [0.1, 0.15) is 60.1 Å². The van der Waals surface area contributed by atoms with Gasteiger partial charge < -0.3 is 5.11 Å². The van der Waals surface area contributed by atoms with Crippen LogP contribution in [0.3, 0.4) is 0 Å². The van der Waals surface area contributed by atoms with Crippen LogP contribution in [0.5, 0.6) is 0 Å². The van der Waals surface area contributed by atoms with Gasteiger partial charge in [0.15, 0.2) is 0 Å². The number of hydrogen-bond acceptors (Lipinski definition) is 6. The molecule has 1 unspecified atom stereocenters. The van der Waals surface area contributed by atoms with Crippen LogP contribution in [0.2, 0.25) is 0 Å². The fraction of sp³-hybridized carbons (Fsp3) is 0.423. The molecule has 1 aliphatic rings. The van der Waals surface area contributed by atoms with Crippen molar-refractivity contribution in [1.29, 1.82) is 0 Å². The van der Waals surface area contributed by atoms with Gasteiger partial charge in [-0.15, -0.1) is 15.9 Å². The topological polar surface area (TPSA) is 112 Å². The van der Waals surface area contributed by atoms with Gasteiger partial charge in [0.2, 0.25) is 0 Å². The first-order valence-corrected chi connectivity index (χ1v) is 13.6. The number of rotatable bonds is 9. The molecule has 3 N–H and O–H groups in total. The Morgan fingerprint density at radius 2 is 2.00 bits per heavy atom. The third-order valence-corrected chi connectivity index (χ3v) is 8.77. The van der Waals surface area contributed by atoms with E-state index in [4.69, 9.17) is 0 Å². The van der Waals surface area contributed by atoms with Gasteiger partial charge in [-0.1, -0.05) is 41.6 Å². The minimum absolute atomic E-state index is 0.0245. The van der Waals surface area contributed by atoms with E-state index in [2.05, 4.69) is 10.3 Å². The van der Waals surface area contributed by atoms with Crippen molar-refractivity contribution >= 4 is 16.7 Å². The molecule has 4 rings (SSSR count). The third kappa shape index (κ3) is 5.92. The number of carboxylic acid groups (broad SMARTS) is 1. The molecule has 0 fully saturated rings. The highest BCUT2D eigenvalue weighted by Crippen LogP contribution is 2.55. The van der Waals surface area contributed by atoms with E-state index >= 15 is 0 Å². The zero-order chi connectivity index (χ0) is 25.0. The van der Waals surface area contributed by atoms with Crippen molar-refractivity contribution in [2.75, 3.05) is 6.54 Å². The number of aryl methyl sites for hydroxylation is 4. The fourth-order valence-corrected chi connectivity index (χ4v) is 6.46. The molecular weight excluding hydrogens is 464 g/mol. The van der Waals surface area contributed by atoms with Crippen molar-refractivity contribution in [3.8, 4) is 0 Å². The molecule has 1 aromatic heterocycles. The Hall–Kier alpha value is -2.72. The summed E-state index contributed by atoms with van der Waals surface area (Å²) < 4.78 is 26.0. The lowest BCUT2D eigenvalue weighted by atomic mass is 9.88. The van der Waals surface area contributed by atoms with Gasteiger partial charge in [-0.2, -0.15) is 4.31 Å². The standard InChI is InChI=1S/C26H34N4O4S/c1-3-29-18-24(27-28-29)13-12-22(16-26(31)32)21-11-10-19(2)23(15-21)17-30-14-6-8-20-7-4-5-9-25(20)35(30,33)34/h4-5,7,9-11,15,18,22,33-34H,3,6,8,12-14,16-17H2,1-2H3,(H,31,32). The highest BCUT2D eigenvalue weighted by molar-refractivity contribution is 8.22. The van der Waals surface area contributed by atoms with Gasteiger partial charge in [-0.25, -0.2) is 0 Å². The van der Waals surface area contributed by atoms with E-state index in [1.54, 1.807) is 8.99 Å². The zero-order valence-electron chi connectivity index (χ0n) is 20.3. The molecule has 35 heavy (non-hydrogen) atoms. The van der Waals surface area contributed by atoms with E-state index in [0.717, 1.165) is 47.3 Å². The van der Waals surface area contributed by atoms with Crippen molar-refractivity contribution in [2.24, 2.45) is 0 Å². The maximum absolute atomic E-state index is 11.7. The number of fused-ring (bicyclic) bond motifs is 1. The van der Waals surface area contributed by atoms with Crippen LogP contribution in [0.4, 0.5) is 0 Å². The summed E-state index contributed by atoms with van der Waals surface area (Å²) in [5.74, 6) is -1.02. The smallest absolute Gasteiger partial charge is 0.303 e. The molecule has 0 amide bonds. The third-order valence-electron chi connectivity index (χ3n) is 6.75. The molecular formula is C26H34N4O4S. The summed E-state index contributed by atoms with van der Waals surface area (Å²) in [6.07, 6.45) is 4.86. The Balaban J connectivity index is 1.57. The summed E-state index contributed by atoms with van der Waals surface area (Å²) in [6.45, 7) is 5.71. The quantitative estimate of drug-likeness (QED) is 0.368. The maximum atomic E-state index is 11.7. The summed E-state index contributed by atoms with van der Waals surface area (Å²) in [7, 11) is -3.11. The number of hydrogen-bond donors (Lipinski definition) is 3. The van der Waals surface area contributed by atoms with E-state index in [-0.39, 0.29) is 12.3 Å². The Morgan fingerprint density at radius 3 is 2.74 bits per heavy atom. The molecule has 0 spiro atoms. The minimum atomic E-state index is -3.11. The van der Waals surface area contributed by atoms with E-state index in [1.165, 1.54) is 0 Å². The number of carboxylic acids is 1. The van der Waals surface area contributed by atoms with Crippen LogP contribution in [0.15, 0.2) is 53.6 Å². The molecule has 0 saturated heterocycles. The maximum Gasteiger partial charge on any atom is 0.303 e. The van der Waals surface area contributed by atoms with Crippen molar-refractivity contribution in [2.45, 2.75) is 69.9 Å². The highest BCUT2D eigenvalue weighted by Gasteiger charge is 2.30. The molecule has 1 aliphatic heterocycles. The van der Waals surface area contributed by atoms with Crippen molar-refractivity contribution in [3.63, 3.8) is 0 Å². The largest absolute Gasteiger partial charge is 0.481 e. The van der Waals surface area contributed by atoms with Gasteiger partial charge in [-0.3, -0.25) is 18.6 Å². The van der Waals surface area contributed by atoms with Crippen LogP contribution in [0.25, 0.3) is 0 Å². The number of benzene rings is 2. The second-order valence-electron chi connectivity index (χ2n) is 9.18. The first-order valence-electron chi connectivity index (χ1n) is 12.1. The summed E-state index contributed by atoms with van der Waals surface area (Å²) in [5, 5.41) is 17.8. The van der Waals surface area contributed by atoms with Gasteiger partial charge in [0.25, 0.3) is 0 Å². The summed E-state index contributed by atoms with van der Waals surface area (Å²) >= 11 is 0. The molecule has 0 radical (unpaired) electrons. The SMILES string of the molecule is CCn1cc(CCC(CC(=O)O)c2ccc(C)c(CN3CCCc4ccccc4S3(O)O)c2)nn1. The van der Waals surface area contributed by atoms with Crippen LogP contribution >= 0.6 is 10.8 Å². The van der Waals surface area contributed by atoms with Gasteiger partial charge in [0, 0.05) is 25.8 Å². The number of nitrogens with zero attached hydrogens (tertiary/aromatic N) is 4. The molecule has 3 aromatic rings. The van der Waals surface area contributed by atoms with Crippen LogP contribution in [0, 0.1) is 6.92 Å². The first kappa shape index (κ1) is 25.4. The monoisotopic (exact) mass is 498 g/mol. The number of aliphatic carboxylic acids is 1. The molecule has 0 bridgehead atoms. The molecule has 1 atom stereocenters. The lowest BCUT2D eigenvalue weighted by molar-refractivity contribution is -0.137. The van der Waals surface area contributed by atoms with E-state index in [9.17, 15) is 19.0 Å². The van der Waals surface area contributed by atoms with Gasteiger partial charge in [0.1, 0.15) is 0 Å². The van der Waals surface area contributed by atoms with Gasteiger partial charge >= 0.3 is 5.97 Å². The summed E-state index contributed by atoms with van der Waals surface area (Å²) in [6, 6.07) is 13.6. The molecule has 2 aromatic carbocycles. The highest BCUT2D eigenvalue weighted by atomic mass is 32.3. The summed E-state index contributed by atoms with van der Waals surface area (Å²) in [5.41, 5.74) is 4.81.